The molecule has 13 heavy (non-hydrogen) atoms. The third-order valence-corrected chi connectivity index (χ3v) is 1.44. The molecule has 0 aromatic rings. The second-order valence-corrected chi connectivity index (χ2v) is 2.84. The quantitative estimate of drug-likeness (QED) is 0.518. The van der Waals surface area contributed by atoms with Crippen molar-refractivity contribution < 1.29 is 19.7 Å². The van der Waals surface area contributed by atoms with Crippen LogP contribution < -0.4 is 0 Å². The molecule has 0 aromatic carbocycles. The molecule has 0 aliphatic heterocycles. The van der Waals surface area contributed by atoms with Crippen molar-refractivity contribution in [3.8, 4) is 0 Å². The molecule has 0 aliphatic carbocycles. The molecule has 5 heteroatoms. The molecule has 0 bridgehead atoms. The molecule has 1 unspecified atom stereocenters. The van der Waals surface area contributed by atoms with E-state index in [4.69, 9.17) is 14.9 Å². The van der Waals surface area contributed by atoms with E-state index in [1.165, 1.54) is 0 Å². The number of carbonyl (C=O) groups is 1. The first-order chi connectivity index (χ1) is 6.10. The monoisotopic (exact) mass is 191 g/mol. The maximum absolute atomic E-state index is 10.9. The molecule has 0 saturated carbocycles. The Balaban J connectivity index is 3.60. The van der Waals surface area contributed by atoms with E-state index in [2.05, 4.69) is 0 Å². The maximum atomic E-state index is 10.9. The minimum absolute atomic E-state index is 0.130. The van der Waals surface area contributed by atoms with Crippen LogP contribution >= 0.6 is 0 Å². The van der Waals surface area contributed by atoms with Gasteiger partial charge >= 0.3 is 5.97 Å². The lowest BCUT2D eigenvalue weighted by atomic mass is 10.3. The predicted octanol–water partition coefficient (Wildman–Crippen LogP) is -1.17. The van der Waals surface area contributed by atoms with Gasteiger partial charge in [-0.05, 0) is 14.0 Å². The highest BCUT2D eigenvalue weighted by molar-refractivity contribution is 5.71. The van der Waals surface area contributed by atoms with Gasteiger partial charge in [-0.2, -0.15) is 0 Å². The Morgan fingerprint density at radius 3 is 2.69 bits per heavy atom. The van der Waals surface area contributed by atoms with Gasteiger partial charge in [-0.3, -0.25) is 9.69 Å². The summed E-state index contributed by atoms with van der Waals surface area (Å²) in [6.07, 6.45) is -0.806. The van der Waals surface area contributed by atoms with E-state index in [-0.39, 0.29) is 25.7 Å². The Morgan fingerprint density at radius 1 is 1.62 bits per heavy atom. The topological polar surface area (TPSA) is 70.0 Å². The van der Waals surface area contributed by atoms with Crippen LogP contribution in [-0.4, -0.2) is 60.5 Å². The second-order valence-electron chi connectivity index (χ2n) is 2.84. The van der Waals surface area contributed by atoms with E-state index in [0.29, 0.717) is 6.61 Å². The first-order valence-corrected chi connectivity index (χ1v) is 4.23. The van der Waals surface area contributed by atoms with Gasteiger partial charge in [0.15, 0.2) is 0 Å². The normalized spacial score (nSPS) is 13.0. The number of ether oxygens (including phenoxy) is 1. The molecule has 0 spiro atoms. The number of hydrogen-bond acceptors (Lipinski definition) is 5. The van der Waals surface area contributed by atoms with Crippen molar-refractivity contribution in [2.45, 2.75) is 13.0 Å². The molecule has 0 amide bonds. The molecule has 1 atom stereocenters. The molecular formula is C8H17NO4. The van der Waals surface area contributed by atoms with Gasteiger partial charge in [0, 0.05) is 6.54 Å². The van der Waals surface area contributed by atoms with Gasteiger partial charge in [-0.1, -0.05) is 0 Å². The number of likely N-dealkylation sites (N-methyl/N-ethyl adjacent to an activating group) is 1. The zero-order valence-corrected chi connectivity index (χ0v) is 8.06. The molecule has 0 heterocycles. The molecule has 78 valence electrons. The minimum Gasteiger partial charge on any atom is -0.465 e. The van der Waals surface area contributed by atoms with Gasteiger partial charge in [0.25, 0.3) is 0 Å². The summed E-state index contributed by atoms with van der Waals surface area (Å²) in [5.41, 5.74) is 0. The standard InChI is InChI=1S/C8H17NO4/c1-3-13-8(12)5-9(2)4-7(11)6-10/h7,10-11H,3-6H2,1-2H3. The lowest BCUT2D eigenvalue weighted by Gasteiger charge is -2.17. The van der Waals surface area contributed by atoms with Gasteiger partial charge in [0.1, 0.15) is 0 Å². The van der Waals surface area contributed by atoms with Gasteiger partial charge in [-0.25, -0.2) is 0 Å². The summed E-state index contributed by atoms with van der Waals surface area (Å²) < 4.78 is 4.70. The summed E-state index contributed by atoms with van der Waals surface area (Å²) >= 11 is 0. The van der Waals surface area contributed by atoms with Crippen LogP contribution in [-0.2, 0) is 9.53 Å². The Bertz CT molecular complexity index is 151. The SMILES string of the molecule is CCOC(=O)CN(C)CC(O)CO. The summed E-state index contributed by atoms with van der Waals surface area (Å²) in [5.74, 6) is -0.324. The summed E-state index contributed by atoms with van der Waals surface area (Å²) in [6, 6.07) is 0. The van der Waals surface area contributed by atoms with Crippen LogP contribution in [0.15, 0.2) is 0 Å². The molecule has 0 radical (unpaired) electrons. The number of hydrogen-bond donors (Lipinski definition) is 2. The highest BCUT2D eigenvalue weighted by atomic mass is 16.5. The molecule has 0 fully saturated rings. The summed E-state index contributed by atoms with van der Waals surface area (Å²) in [6.45, 7) is 2.18. The molecule has 0 saturated heterocycles. The Hall–Kier alpha value is -0.650. The molecule has 5 nitrogen and oxygen atoms in total. The number of aliphatic hydroxyl groups is 2. The summed E-state index contributed by atoms with van der Waals surface area (Å²) in [4.78, 5) is 12.5. The Kier molecular flexibility index (Phi) is 6.48. The van der Waals surface area contributed by atoms with Gasteiger partial charge in [0.05, 0.1) is 25.9 Å². The second kappa shape index (κ2) is 6.82. The van der Waals surface area contributed by atoms with E-state index < -0.39 is 6.10 Å². The van der Waals surface area contributed by atoms with E-state index in [1.54, 1.807) is 18.9 Å². The number of rotatable bonds is 6. The molecule has 0 rings (SSSR count). The number of carbonyl (C=O) groups excluding carboxylic acids is 1. The smallest absolute Gasteiger partial charge is 0.320 e. The largest absolute Gasteiger partial charge is 0.465 e. The van der Waals surface area contributed by atoms with Crippen molar-refractivity contribution >= 4 is 5.97 Å². The summed E-state index contributed by atoms with van der Waals surface area (Å²) in [7, 11) is 1.68. The van der Waals surface area contributed by atoms with Crippen molar-refractivity contribution in [1.82, 2.24) is 4.90 Å². The highest BCUT2D eigenvalue weighted by Crippen LogP contribution is 1.89. The third-order valence-electron chi connectivity index (χ3n) is 1.44. The van der Waals surface area contributed by atoms with Crippen LogP contribution in [0.2, 0.25) is 0 Å². The van der Waals surface area contributed by atoms with Gasteiger partial charge in [0.2, 0.25) is 0 Å². The first-order valence-electron chi connectivity index (χ1n) is 4.23. The van der Waals surface area contributed by atoms with E-state index in [9.17, 15) is 4.79 Å². The van der Waals surface area contributed by atoms with Crippen LogP contribution in [0.1, 0.15) is 6.92 Å². The van der Waals surface area contributed by atoms with Crippen molar-refractivity contribution in [1.29, 1.82) is 0 Å². The van der Waals surface area contributed by atoms with Gasteiger partial charge < -0.3 is 14.9 Å². The van der Waals surface area contributed by atoms with Crippen LogP contribution in [0.4, 0.5) is 0 Å². The minimum atomic E-state index is -0.806. The number of aliphatic hydroxyl groups excluding tert-OH is 2. The molecular weight excluding hydrogens is 174 g/mol. The van der Waals surface area contributed by atoms with E-state index in [1.807, 2.05) is 0 Å². The molecule has 0 aromatic heterocycles. The first kappa shape index (κ1) is 12.3. The van der Waals surface area contributed by atoms with Crippen LogP contribution in [0.5, 0.6) is 0 Å². The molecule has 0 aliphatic rings. The average Bonchev–Trinajstić information content (AvgIpc) is 2.04. The Labute approximate surface area is 77.9 Å². The van der Waals surface area contributed by atoms with E-state index in [0.717, 1.165) is 0 Å². The molecule has 2 N–H and O–H groups in total. The zero-order chi connectivity index (χ0) is 10.3. The van der Waals surface area contributed by atoms with Crippen molar-refractivity contribution in [2.24, 2.45) is 0 Å². The fourth-order valence-electron chi connectivity index (χ4n) is 0.909. The third kappa shape index (κ3) is 6.51. The number of esters is 1. The highest BCUT2D eigenvalue weighted by Gasteiger charge is 2.10. The lowest BCUT2D eigenvalue weighted by Crippen LogP contribution is -2.35. The van der Waals surface area contributed by atoms with Crippen molar-refractivity contribution in [3.05, 3.63) is 0 Å². The fourth-order valence-corrected chi connectivity index (χ4v) is 0.909. The van der Waals surface area contributed by atoms with Gasteiger partial charge in [-0.15, -0.1) is 0 Å². The van der Waals surface area contributed by atoms with E-state index >= 15 is 0 Å². The van der Waals surface area contributed by atoms with Crippen LogP contribution in [0.25, 0.3) is 0 Å². The van der Waals surface area contributed by atoms with Crippen molar-refractivity contribution in [2.75, 3.05) is 33.4 Å². The predicted molar refractivity (Wildman–Crippen MR) is 47.2 cm³/mol. The number of nitrogens with zero attached hydrogens (tertiary/aromatic N) is 1. The summed E-state index contributed by atoms with van der Waals surface area (Å²) in [5, 5.41) is 17.6. The van der Waals surface area contributed by atoms with Crippen molar-refractivity contribution in [3.63, 3.8) is 0 Å². The zero-order valence-electron chi connectivity index (χ0n) is 8.06. The maximum Gasteiger partial charge on any atom is 0.320 e. The Morgan fingerprint density at radius 2 is 2.23 bits per heavy atom. The fraction of sp³-hybridized carbons (Fsp3) is 0.875. The average molecular weight is 191 g/mol. The lowest BCUT2D eigenvalue weighted by molar-refractivity contribution is -0.144. The van der Waals surface area contributed by atoms with Crippen LogP contribution in [0, 0.1) is 0 Å². The van der Waals surface area contributed by atoms with Crippen LogP contribution in [0.3, 0.4) is 0 Å².